The van der Waals surface area contributed by atoms with Crippen LogP contribution in [0, 0.1) is 5.82 Å². The molecular weight excluding hydrogens is 383 g/mol. The summed E-state index contributed by atoms with van der Waals surface area (Å²) < 4.78 is 19.4. The molecule has 1 aliphatic rings. The largest absolute Gasteiger partial charge is 0.351 e. The molecule has 1 unspecified atom stereocenters. The molecule has 0 aliphatic carbocycles. The van der Waals surface area contributed by atoms with Crippen molar-refractivity contribution in [2.45, 2.75) is 19.9 Å². The molecule has 0 spiro atoms. The van der Waals surface area contributed by atoms with Crippen molar-refractivity contribution in [2.75, 3.05) is 6.54 Å². The predicted molar refractivity (Wildman–Crippen MR) is 107 cm³/mol. The van der Waals surface area contributed by atoms with Crippen LogP contribution in [0.2, 0.25) is 0 Å². The molecule has 5 nitrogen and oxygen atoms in total. The Labute approximate surface area is 165 Å². The molecule has 0 bridgehead atoms. The zero-order chi connectivity index (χ0) is 19.0. The number of aromatic nitrogens is 2. The normalized spacial score (nSPS) is 17.4. The van der Waals surface area contributed by atoms with E-state index in [0.29, 0.717) is 23.4 Å². The Morgan fingerprint density at radius 3 is 2.89 bits per heavy atom. The lowest BCUT2D eigenvalue weighted by molar-refractivity contribution is 0.398. The Morgan fingerprint density at radius 1 is 1.33 bits per heavy atom. The zero-order valence-electron chi connectivity index (χ0n) is 14.8. The van der Waals surface area contributed by atoms with Crippen molar-refractivity contribution in [2.24, 2.45) is 0 Å². The van der Waals surface area contributed by atoms with Crippen LogP contribution in [0.5, 0.6) is 0 Å². The van der Waals surface area contributed by atoms with Gasteiger partial charge in [-0.2, -0.15) is 4.98 Å². The van der Waals surface area contributed by atoms with Crippen molar-refractivity contribution in [3.05, 3.63) is 64.7 Å². The number of hydrogen-bond donors (Lipinski definition) is 1. The molecule has 1 aromatic carbocycles. The highest BCUT2D eigenvalue weighted by atomic mass is 32.1. The first-order chi connectivity index (χ1) is 13.1. The summed E-state index contributed by atoms with van der Waals surface area (Å²) in [5.41, 5.74) is 2.46. The molecule has 0 fully saturated rings. The molecule has 1 atom stereocenters. The van der Waals surface area contributed by atoms with Crippen LogP contribution in [0.15, 0.2) is 52.0 Å². The second-order valence-electron chi connectivity index (χ2n) is 6.08. The Hall–Kier alpha value is -2.58. The van der Waals surface area contributed by atoms with Crippen LogP contribution in [0.4, 0.5) is 4.39 Å². The van der Waals surface area contributed by atoms with E-state index in [1.54, 1.807) is 17.4 Å². The van der Waals surface area contributed by atoms with Gasteiger partial charge >= 0.3 is 0 Å². The standard InChI is InChI=1S/C19H17FN4OS2/c1-3-24-11(2)15(18-22-17(23-25-18)14-8-5-9-27-14)16(21-19(24)26)12-6-4-7-13(20)10-12/h4-10,16H,3H2,1-2H3,(H,21,26). The molecule has 3 aromatic rings. The van der Waals surface area contributed by atoms with Gasteiger partial charge in [0.05, 0.1) is 16.5 Å². The highest BCUT2D eigenvalue weighted by Crippen LogP contribution is 2.37. The molecule has 0 radical (unpaired) electrons. The first-order valence-electron chi connectivity index (χ1n) is 8.50. The molecule has 0 saturated heterocycles. The van der Waals surface area contributed by atoms with E-state index in [1.165, 1.54) is 12.1 Å². The number of halogens is 1. The van der Waals surface area contributed by atoms with Gasteiger partial charge < -0.3 is 14.7 Å². The molecule has 27 heavy (non-hydrogen) atoms. The quantitative estimate of drug-likeness (QED) is 0.645. The number of allylic oxidation sites excluding steroid dienone is 1. The molecule has 4 rings (SSSR count). The van der Waals surface area contributed by atoms with Crippen LogP contribution in [-0.4, -0.2) is 26.7 Å². The molecule has 8 heteroatoms. The number of nitrogens with one attached hydrogen (secondary N) is 1. The van der Waals surface area contributed by atoms with Crippen LogP contribution >= 0.6 is 23.6 Å². The van der Waals surface area contributed by atoms with Gasteiger partial charge in [-0.3, -0.25) is 0 Å². The summed E-state index contributed by atoms with van der Waals surface area (Å²) in [7, 11) is 0. The van der Waals surface area contributed by atoms with Gasteiger partial charge in [-0.25, -0.2) is 4.39 Å². The summed E-state index contributed by atoms with van der Waals surface area (Å²) in [5, 5.41) is 9.96. The van der Waals surface area contributed by atoms with E-state index in [-0.39, 0.29) is 11.9 Å². The first-order valence-corrected chi connectivity index (χ1v) is 9.79. The van der Waals surface area contributed by atoms with Gasteiger partial charge in [0.15, 0.2) is 5.11 Å². The first kappa shape index (κ1) is 17.8. The van der Waals surface area contributed by atoms with Gasteiger partial charge in [0, 0.05) is 12.2 Å². The number of nitrogens with zero attached hydrogens (tertiary/aromatic N) is 3. The molecule has 0 amide bonds. The topological polar surface area (TPSA) is 54.2 Å². The van der Waals surface area contributed by atoms with Crippen molar-refractivity contribution in [1.82, 2.24) is 20.4 Å². The van der Waals surface area contributed by atoms with Gasteiger partial charge in [0.2, 0.25) is 5.82 Å². The lowest BCUT2D eigenvalue weighted by Crippen LogP contribution is -2.45. The molecule has 2 aromatic heterocycles. The minimum absolute atomic E-state index is 0.306. The average molecular weight is 401 g/mol. The summed E-state index contributed by atoms with van der Waals surface area (Å²) in [4.78, 5) is 7.49. The van der Waals surface area contributed by atoms with Crippen molar-refractivity contribution in [3.8, 4) is 10.7 Å². The Bertz CT molecular complexity index is 1010. The van der Waals surface area contributed by atoms with Gasteiger partial charge in [0.1, 0.15) is 5.82 Å². The van der Waals surface area contributed by atoms with Crippen LogP contribution in [0.1, 0.15) is 31.3 Å². The lowest BCUT2D eigenvalue weighted by Gasteiger charge is -2.36. The third-order valence-electron chi connectivity index (χ3n) is 4.49. The van der Waals surface area contributed by atoms with E-state index in [0.717, 1.165) is 21.7 Å². The van der Waals surface area contributed by atoms with E-state index < -0.39 is 0 Å². The fraction of sp³-hybridized carbons (Fsp3) is 0.211. The van der Waals surface area contributed by atoms with Gasteiger partial charge in [-0.05, 0) is 55.2 Å². The maximum Gasteiger partial charge on any atom is 0.258 e. The smallest absolute Gasteiger partial charge is 0.258 e. The number of benzene rings is 1. The number of thiophene rings is 1. The van der Waals surface area contributed by atoms with Gasteiger partial charge in [0.25, 0.3) is 5.89 Å². The second kappa shape index (κ2) is 7.21. The molecular formula is C19H17FN4OS2. The van der Waals surface area contributed by atoms with Crippen LogP contribution < -0.4 is 5.32 Å². The molecule has 138 valence electrons. The summed E-state index contributed by atoms with van der Waals surface area (Å²) in [6, 6.07) is 9.96. The minimum atomic E-state index is -0.368. The summed E-state index contributed by atoms with van der Waals surface area (Å²) in [5.74, 6) is 0.632. The average Bonchev–Trinajstić information content (AvgIpc) is 3.33. The zero-order valence-corrected chi connectivity index (χ0v) is 16.4. The molecule has 1 aliphatic heterocycles. The van der Waals surface area contributed by atoms with E-state index in [9.17, 15) is 4.39 Å². The van der Waals surface area contributed by atoms with Crippen molar-refractivity contribution >= 4 is 34.2 Å². The SMILES string of the molecule is CCN1C(=S)NC(c2cccc(F)c2)C(c2nc(-c3cccs3)no2)=C1C. The summed E-state index contributed by atoms with van der Waals surface area (Å²) in [6.07, 6.45) is 0. The van der Waals surface area contributed by atoms with Crippen LogP contribution in [0.25, 0.3) is 16.3 Å². The molecule has 0 saturated carbocycles. The van der Waals surface area contributed by atoms with Gasteiger partial charge in [-0.1, -0.05) is 23.4 Å². The molecule has 1 N–H and O–H groups in total. The van der Waals surface area contributed by atoms with Crippen molar-refractivity contribution in [3.63, 3.8) is 0 Å². The van der Waals surface area contributed by atoms with E-state index in [4.69, 9.17) is 16.7 Å². The fourth-order valence-electron chi connectivity index (χ4n) is 3.21. The maximum absolute atomic E-state index is 13.8. The summed E-state index contributed by atoms with van der Waals surface area (Å²) in [6.45, 7) is 4.68. The Balaban J connectivity index is 1.84. The number of rotatable bonds is 4. The third-order valence-corrected chi connectivity index (χ3v) is 5.70. The van der Waals surface area contributed by atoms with E-state index in [2.05, 4.69) is 15.5 Å². The monoisotopic (exact) mass is 400 g/mol. The van der Waals surface area contributed by atoms with Crippen LogP contribution in [0.3, 0.4) is 0 Å². The lowest BCUT2D eigenvalue weighted by atomic mass is 9.95. The second-order valence-corrected chi connectivity index (χ2v) is 7.42. The van der Waals surface area contributed by atoms with E-state index >= 15 is 0 Å². The number of thiocarbonyl (C=S) groups is 1. The predicted octanol–water partition coefficient (Wildman–Crippen LogP) is 4.62. The number of hydrogen-bond acceptors (Lipinski definition) is 5. The van der Waals surface area contributed by atoms with Crippen molar-refractivity contribution < 1.29 is 8.91 Å². The molecule has 3 heterocycles. The third kappa shape index (κ3) is 3.26. The highest BCUT2D eigenvalue weighted by Gasteiger charge is 2.33. The highest BCUT2D eigenvalue weighted by molar-refractivity contribution is 7.80. The Kier molecular flexibility index (Phi) is 4.75. The maximum atomic E-state index is 13.8. The Morgan fingerprint density at radius 2 is 2.19 bits per heavy atom. The summed E-state index contributed by atoms with van der Waals surface area (Å²) >= 11 is 7.05. The fourth-order valence-corrected chi connectivity index (χ4v) is 4.25. The van der Waals surface area contributed by atoms with Gasteiger partial charge in [-0.15, -0.1) is 11.3 Å². The minimum Gasteiger partial charge on any atom is -0.351 e. The van der Waals surface area contributed by atoms with E-state index in [1.807, 2.05) is 42.3 Å². The van der Waals surface area contributed by atoms with Crippen LogP contribution in [-0.2, 0) is 0 Å². The van der Waals surface area contributed by atoms with Crippen molar-refractivity contribution in [1.29, 1.82) is 0 Å².